The fourth-order valence-electron chi connectivity index (χ4n) is 3.22. The maximum Gasteiger partial charge on any atom is 0.260 e. The normalized spacial score (nSPS) is 14.1. The van der Waals surface area contributed by atoms with Gasteiger partial charge in [-0.05, 0) is 48.9 Å². The van der Waals surface area contributed by atoms with Gasteiger partial charge in [-0.25, -0.2) is 0 Å². The molecule has 2 aromatic carbocycles. The molecule has 0 spiro atoms. The summed E-state index contributed by atoms with van der Waals surface area (Å²) in [6.07, 6.45) is 0.479. The average Bonchev–Trinajstić information content (AvgIpc) is 2.72. The Labute approximate surface area is 160 Å². The zero-order chi connectivity index (χ0) is 19.2. The molecule has 0 bridgehead atoms. The summed E-state index contributed by atoms with van der Waals surface area (Å²) < 4.78 is 5.60. The lowest BCUT2D eigenvalue weighted by atomic mass is 10.1. The second kappa shape index (κ2) is 8.71. The van der Waals surface area contributed by atoms with Gasteiger partial charge in [-0.3, -0.25) is 9.59 Å². The number of hydrogen-bond acceptors (Lipinski definition) is 4. The predicted molar refractivity (Wildman–Crippen MR) is 107 cm³/mol. The van der Waals surface area contributed by atoms with Gasteiger partial charge in [0.15, 0.2) is 12.4 Å². The third-order valence-corrected chi connectivity index (χ3v) is 4.86. The monoisotopic (exact) mass is 366 g/mol. The number of nitrogens with zero attached hydrogens (tertiary/aromatic N) is 2. The molecule has 0 radical (unpaired) electrons. The quantitative estimate of drug-likeness (QED) is 0.736. The van der Waals surface area contributed by atoms with Gasteiger partial charge in [0.2, 0.25) is 0 Å². The molecular weight excluding hydrogens is 340 g/mol. The molecule has 1 fully saturated rings. The molecule has 0 unspecified atom stereocenters. The van der Waals surface area contributed by atoms with E-state index in [2.05, 4.69) is 36.1 Å². The van der Waals surface area contributed by atoms with Gasteiger partial charge in [-0.15, -0.1) is 0 Å². The van der Waals surface area contributed by atoms with Gasteiger partial charge in [-0.2, -0.15) is 0 Å². The van der Waals surface area contributed by atoms with Crippen molar-refractivity contribution in [2.45, 2.75) is 20.3 Å². The van der Waals surface area contributed by atoms with Crippen LogP contribution in [0, 0.1) is 6.92 Å². The van der Waals surface area contributed by atoms with Crippen LogP contribution in [0.1, 0.15) is 29.3 Å². The van der Waals surface area contributed by atoms with Gasteiger partial charge in [0.1, 0.15) is 5.75 Å². The average molecular weight is 366 g/mol. The van der Waals surface area contributed by atoms with Crippen LogP contribution in [0.25, 0.3) is 0 Å². The topological polar surface area (TPSA) is 49.9 Å². The number of carbonyl (C=O) groups is 2. The molecule has 2 aromatic rings. The zero-order valence-corrected chi connectivity index (χ0v) is 16.0. The van der Waals surface area contributed by atoms with E-state index in [1.807, 2.05) is 11.8 Å². The molecule has 1 saturated heterocycles. The minimum Gasteiger partial charge on any atom is -0.484 e. The zero-order valence-electron chi connectivity index (χ0n) is 16.0. The van der Waals surface area contributed by atoms with E-state index in [4.69, 9.17) is 4.74 Å². The molecule has 3 rings (SSSR count). The maximum atomic E-state index is 12.4. The molecule has 1 aliphatic heterocycles. The van der Waals surface area contributed by atoms with E-state index in [-0.39, 0.29) is 18.3 Å². The molecule has 1 amide bonds. The van der Waals surface area contributed by atoms with Crippen LogP contribution in [0.4, 0.5) is 5.69 Å². The van der Waals surface area contributed by atoms with Crippen molar-refractivity contribution in [1.82, 2.24) is 4.90 Å². The van der Waals surface area contributed by atoms with Crippen molar-refractivity contribution in [1.29, 1.82) is 0 Å². The summed E-state index contributed by atoms with van der Waals surface area (Å²) in [7, 11) is 0. The molecule has 5 nitrogen and oxygen atoms in total. The first kappa shape index (κ1) is 19.0. The first-order valence-corrected chi connectivity index (χ1v) is 9.42. The number of benzene rings is 2. The summed E-state index contributed by atoms with van der Waals surface area (Å²) in [6.45, 7) is 6.98. The van der Waals surface area contributed by atoms with E-state index in [9.17, 15) is 9.59 Å². The Kier molecular flexibility index (Phi) is 6.12. The molecule has 0 aromatic heterocycles. The van der Waals surface area contributed by atoms with Crippen LogP contribution in [-0.2, 0) is 4.79 Å². The smallest absolute Gasteiger partial charge is 0.260 e. The lowest BCUT2D eigenvalue weighted by Crippen LogP contribution is -2.50. The molecule has 1 heterocycles. The number of anilines is 1. The van der Waals surface area contributed by atoms with Crippen molar-refractivity contribution in [3.63, 3.8) is 0 Å². The van der Waals surface area contributed by atoms with Gasteiger partial charge in [0.25, 0.3) is 5.91 Å². The molecule has 1 aliphatic rings. The highest BCUT2D eigenvalue weighted by Gasteiger charge is 2.21. The first-order chi connectivity index (χ1) is 13.1. The Hall–Kier alpha value is -2.82. The van der Waals surface area contributed by atoms with Crippen molar-refractivity contribution in [2.75, 3.05) is 37.7 Å². The van der Waals surface area contributed by atoms with E-state index >= 15 is 0 Å². The number of ketones is 1. The molecule has 142 valence electrons. The highest BCUT2D eigenvalue weighted by Crippen LogP contribution is 2.18. The van der Waals surface area contributed by atoms with Crippen molar-refractivity contribution in [3.05, 3.63) is 59.7 Å². The number of piperazine rings is 1. The van der Waals surface area contributed by atoms with Crippen molar-refractivity contribution in [2.24, 2.45) is 0 Å². The lowest BCUT2D eigenvalue weighted by Gasteiger charge is -2.36. The van der Waals surface area contributed by atoms with Crippen LogP contribution in [0.2, 0.25) is 0 Å². The third kappa shape index (κ3) is 4.88. The Bertz CT molecular complexity index is 793. The molecule has 5 heteroatoms. The first-order valence-electron chi connectivity index (χ1n) is 9.42. The number of ether oxygens (including phenoxy) is 1. The Morgan fingerprint density at radius 2 is 1.70 bits per heavy atom. The van der Waals surface area contributed by atoms with Crippen molar-refractivity contribution >= 4 is 17.4 Å². The SMILES string of the molecule is CCC(=O)c1ccc(OCC(=O)N2CCN(c3cccc(C)c3)CC2)cc1. The highest BCUT2D eigenvalue weighted by molar-refractivity contribution is 5.95. The summed E-state index contributed by atoms with van der Waals surface area (Å²) >= 11 is 0. The minimum atomic E-state index is -0.00685. The number of amides is 1. The number of rotatable bonds is 6. The molecular formula is C22H26N2O3. The number of carbonyl (C=O) groups excluding carboxylic acids is 2. The standard InChI is InChI=1S/C22H26N2O3/c1-3-21(25)18-7-9-20(10-8-18)27-16-22(26)24-13-11-23(12-14-24)19-6-4-5-17(2)15-19/h4-10,15H,3,11-14,16H2,1-2H3. The van der Waals surface area contributed by atoms with Gasteiger partial charge in [-0.1, -0.05) is 19.1 Å². The summed E-state index contributed by atoms with van der Waals surface area (Å²) in [5, 5.41) is 0. The van der Waals surface area contributed by atoms with Crippen LogP contribution < -0.4 is 9.64 Å². The highest BCUT2D eigenvalue weighted by atomic mass is 16.5. The summed E-state index contributed by atoms with van der Waals surface area (Å²) in [6, 6.07) is 15.4. The third-order valence-electron chi connectivity index (χ3n) is 4.86. The number of Topliss-reactive ketones (excluding diaryl/α,β-unsaturated/α-hetero) is 1. The summed E-state index contributed by atoms with van der Waals surface area (Å²) in [5.41, 5.74) is 3.12. The largest absolute Gasteiger partial charge is 0.484 e. The lowest BCUT2D eigenvalue weighted by molar-refractivity contribution is -0.133. The Balaban J connectivity index is 1.47. The summed E-state index contributed by atoms with van der Waals surface area (Å²) in [4.78, 5) is 28.2. The second-order valence-corrected chi connectivity index (χ2v) is 6.80. The van der Waals surface area contributed by atoms with Crippen LogP contribution in [0.15, 0.2) is 48.5 Å². The number of hydrogen-bond donors (Lipinski definition) is 0. The number of aryl methyl sites for hydroxylation is 1. The van der Waals surface area contributed by atoms with E-state index in [1.165, 1.54) is 11.3 Å². The fourth-order valence-corrected chi connectivity index (χ4v) is 3.22. The van der Waals surface area contributed by atoms with Crippen molar-refractivity contribution in [3.8, 4) is 5.75 Å². The van der Waals surface area contributed by atoms with Gasteiger partial charge in [0.05, 0.1) is 0 Å². The molecule has 27 heavy (non-hydrogen) atoms. The van der Waals surface area contributed by atoms with Crippen LogP contribution in [0.5, 0.6) is 5.75 Å². The molecule has 0 atom stereocenters. The van der Waals surface area contributed by atoms with E-state index in [0.29, 0.717) is 30.8 Å². The molecule has 0 aliphatic carbocycles. The van der Waals surface area contributed by atoms with Crippen molar-refractivity contribution < 1.29 is 14.3 Å². The van der Waals surface area contributed by atoms with Gasteiger partial charge < -0.3 is 14.5 Å². The maximum absolute atomic E-state index is 12.4. The van der Waals surface area contributed by atoms with Gasteiger partial charge in [0, 0.05) is 43.9 Å². The van der Waals surface area contributed by atoms with E-state index in [0.717, 1.165) is 13.1 Å². The predicted octanol–water partition coefficient (Wildman–Crippen LogP) is 3.32. The van der Waals surface area contributed by atoms with E-state index in [1.54, 1.807) is 24.3 Å². The molecule has 0 saturated carbocycles. The summed E-state index contributed by atoms with van der Waals surface area (Å²) in [5.74, 6) is 0.700. The van der Waals surface area contributed by atoms with Crippen LogP contribution in [-0.4, -0.2) is 49.4 Å². The van der Waals surface area contributed by atoms with Crippen LogP contribution >= 0.6 is 0 Å². The Morgan fingerprint density at radius 1 is 1.00 bits per heavy atom. The van der Waals surface area contributed by atoms with E-state index < -0.39 is 0 Å². The van der Waals surface area contributed by atoms with Gasteiger partial charge >= 0.3 is 0 Å². The molecule has 0 N–H and O–H groups in total. The van der Waals surface area contributed by atoms with Crippen LogP contribution in [0.3, 0.4) is 0 Å². The Morgan fingerprint density at radius 3 is 2.33 bits per heavy atom. The second-order valence-electron chi connectivity index (χ2n) is 6.80. The fraction of sp³-hybridized carbons (Fsp3) is 0.364. The minimum absolute atomic E-state index is 0.00685.